The highest BCUT2D eigenvalue weighted by Crippen LogP contribution is 2.20. The van der Waals surface area contributed by atoms with Crippen molar-refractivity contribution in [3.8, 4) is 0 Å². The van der Waals surface area contributed by atoms with Gasteiger partial charge in [-0.3, -0.25) is 4.79 Å². The van der Waals surface area contributed by atoms with Crippen molar-refractivity contribution in [3.05, 3.63) is 23.8 Å². The van der Waals surface area contributed by atoms with Gasteiger partial charge in [0, 0.05) is 6.54 Å². The Morgan fingerprint density at radius 2 is 2.18 bits per heavy atom. The third-order valence-electron chi connectivity index (χ3n) is 2.52. The van der Waals surface area contributed by atoms with Gasteiger partial charge in [-0.05, 0) is 38.0 Å². The molecule has 0 aliphatic heterocycles. The summed E-state index contributed by atoms with van der Waals surface area (Å²) < 4.78 is 0. The van der Waals surface area contributed by atoms with Crippen LogP contribution >= 0.6 is 0 Å². The number of hydrogen-bond donors (Lipinski definition) is 3. The van der Waals surface area contributed by atoms with Gasteiger partial charge in [-0.2, -0.15) is 0 Å². The second-order valence-corrected chi connectivity index (χ2v) is 4.25. The number of hydrogen-bond acceptors (Lipinski definition) is 3. The maximum Gasteiger partial charge on any atom is 0.242 e. The molecule has 1 rings (SSSR count). The molecule has 4 N–H and O–H groups in total. The quantitative estimate of drug-likeness (QED) is 0.683. The summed E-state index contributed by atoms with van der Waals surface area (Å²) in [5.74, 6) is -0.00757. The van der Waals surface area contributed by atoms with Gasteiger partial charge in [0.05, 0.1) is 11.4 Å². The van der Waals surface area contributed by atoms with Crippen molar-refractivity contribution >= 4 is 17.3 Å². The average Bonchev–Trinajstić information content (AvgIpc) is 2.29. The Morgan fingerprint density at radius 1 is 1.47 bits per heavy atom. The lowest BCUT2D eigenvalue weighted by Gasteiger charge is -2.16. The highest BCUT2D eigenvalue weighted by molar-refractivity contribution is 5.85. The first-order chi connectivity index (χ1) is 8.04. The van der Waals surface area contributed by atoms with Crippen molar-refractivity contribution in [1.29, 1.82) is 0 Å². The zero-order valence-electron chi connectivity index (χ0n) is 10.7. The normalized spacial score (nSPS) is 11.9. The van der Waals surface area contributed by atoms with Gasteiger partial charge < -0.3 is 16.4 Å². The molecule has 1 atom stereocenters. The monoisotopic (exact) mass is 235 g/mol. The Bertz CT molecular complexity index is 390. The standard InChI is InChI=1S/C13H21N3O/c1-4-7-15-13(17)10(3)16-12-6-5-9(2)8-11(12)14/h5-6,8,10,16H,4,7,14H2,1-3H3,(H,15,17). The van der Waals surface area contributed by atoms with E-state index in [-0.39, 0.29) is 11.9 Å². The lowest BCUT2D eigenvalue weighted by atomic mass is 10.2. The third kappa shape index (κ3) is 3.98. The topological polar surface area (TPSA) is 67.2 Å². The van der Waals surface area contributed by atoms with Crippen molar-refractivity contribution in [2.75, 3.05) is 17.6 Å². The predicted octanol–water partition coefficient (Wildman–Crippen LogP) is 1.90. The molecular weight excluding hydrogens is 214 g/mol. The van der Waals surface area contributed by atoms with E-state index in [9.17, 15) is 4.79 Å². The molecular formula is C13H21N3O. The van der Waals surface area contributed by atoms with Crippen LogP contribution in [0.4, 0.5) is 11.4 Å². The summed E-state index contributed by atoms with van der Waals surface area (Å²) in [6, 6.07) is 5.47. The van der Waals surface area contributed by atoms with Gasteiger partial charge in [0.2, 0.25) is 5.91 Å². The summed E-state index contributed by atoms with van der Waals surface area (Å²) in [6.45, 7) is 6.53. The molecule has 1 unspecified atom stereocenters. The van der Waals surface area contributed by atoms with Crippen molar-refractivity contribution in [2.24, 2.45) is 0 Å². The molecule has 1 aromatic carbocycles. The third-order valence-corrected chi connectivity index (χ3v) is 2.52. The summed E-state index contributed by atoms with van der Waals surface area (Å²) in [7, 11) is 0. The van der Waals surface area contributed by atoms with Crippen LogP contribution in [0, 0.1) is 6.92 Å². The molecule has 94 valence electrons. The number of nitrogen functional groups attached to an aromatic ring is 1. The highest BCUT2D eigenvalue weighted by Gasteiger charge is 2.12. The zero-order chi connectivity index (χ0) is 12.8. The number of carbonyl (C=O) groups is 1. The first kappa shape index (κ1) is 13.4. The fourth-order valence-electron chi connectivity index (χ4n) is 1.51. The van der Waals surface area contributed by atoms with Gasteiger partial charge in [0.15, 0.2) is 0 Å². The number of benzene rings is 1. The Kier molecular flexibility index (Phi) is 4.82. The molecule has 0 bridgehead atoms. The molecule has 0 aromatic heterocycles. The summed E-state index contributed by atoms with van der Waals surface area (Å²) in [4.78, 5) is 11.7. The Morgan fingerprint density at radius 3 is 2.76 bits per heavy atom. The van der Waals surface area contributed by atoms with Crippen LogP contribution in [0.1, 0.15) is 25.8 Å². The van der Waals surface area contributed by atoms with Crippen LogP contribution in [0.3, 0.4) is 0 Å². The lowest BCUT2D eigenvalue weighted by molar-refractivity contribution is -0.121. The van der Waals surface area contributed by atoms with Gasteiger partial charge in [0.1, 0.15) is 6.04 Å². The minimum absolute atomic E-state index is 0.00757. The number of anilines is 2. The summed E-state index contributed by atoms with van der Waals surface area (Å²) >= 11 is 0. The van der Waals surface area contributed by atoms with Crippen LogP contribution in [0.5, 0.6) is 0 Å². The number of amides is 1. The maximum atomic E-state index is 11.7. The molecule has 1 aromatic rings. The van der Waals surface area contributed by atoms with E-state index in [4.69, 9.17) is 5.73 Å². The van der Waals surface area contributed by atoms with Crippen LogP contribution < -0.4 is 16.4 Å². The zero-order valence-corrected chi connectivity index (χ0v) is 10.7. The predicted molar refractivity (Wildman–Crippen MR) is 72.0 cm³/mol. The second-order valence-electron chi connectivity index (χ2n) is 4.25. The number of carbonyl (C=O) groups excluding carboxylic acids is 1. The molecule has 4 nitrogen and oxygen atoms in total. The molecule has 0 fully saturated rings. The Labute approximate surface area is 103 Å². The molecule has 17 heavy (non-hydrogen) atoms. The fourth-order valence-corrected chi connectivity index (χ4v) is 1.51. The van der Waals surface area contributed by atoms with E-state index in [0.717, 1.165) is 17.7 Å². The number of nitrogens with two attached hydrogens (primary N) is 1. The fraction of sp³-hybridized carbons (Fsp3) is 0.462. The maximum absolute atomic E-state index is 11.7. The number of aryl methyl sites for hydroxylation is 1. The molecule has 0 saturated carbocycles. The van der Waals surface area contributed by atoms with Crippen molar-refractivity contribution in [1.82, 2.24) is 5.32 Å². The van der Waals surface area contributed by atoms with E-state index in [1.54, 1.807) is 0 Å². The summed E-state index contributed by atoms with van der Waals surface area (Å²) in [5.41, 5.74) is 8.45. The number of rotatable bonds is 5. The van der Waals surface area contributed by atoms with Crippen molar-refractivity contribution in [2.45, 2.75) is 33.2 Å². The average molecular weight is 235 g/mol. The first-order valence-electron chi connectivity index (χ1n) is 5.95. The van der Waals surface area contributed by atoms with Crippen molar-refractivity contribution in [3.63, 3.8) is 0 Å². The van der Waals surface area contributed by atoms with Crippen LogP contribution in [-0.4, -0.2) is 18.5 Å². The molecule has 0 aliphatic carbocycles. The van der Waals surface area contributed by atoms with Crippen LogP contribution in [-0.2, 0) is 4.79 Å². The summed E-state index contributed by atoms with van der Waals surface area (Å²) in [5, 5.41) is 5.95. The summed E-state index contributed by atoms with van der Waals surface area (Å²) in [6.07, 6.45) is 0.936. The molecule has 0 heterocycles. The molecule has 0 aliphatic rings. The molecule has 1 amide bonds. The molecule has 4 heteroatoms. The second kappa shape index (κ2) is 6.13. The van der Waals surface area contributed by atoms with Gasteiger partial charge in [-0.25, -0.2) is 0 Å². The number of nitrogens with one attached hydrogen (secondary N) is 2. The molecule has 0 spiro atoms. The van der Waals surface area contributed by atoms with E-state index in [0.29, 0.717) is 12.2 Å². The van der Waals surface area contributed by atoms with Gasteiger partial charge in [0.25, 0.3) is 0 Å². The van der Waals surface area contributed by atoms with E-state index in [1.165, 1.54) is 0 Å². The van der Waals surface area contributed by atoms with E-state index in [2.05, 4.69) is 10.6 Å². The minimum atomic E-state index is -0.286. The largest absolute Gasteiger partial charge is 0.397 e. The van der Waals surface area contributed by atoms with E-state index in [1.807, 2.05) is 39.0 Å². The van der Waals surface area contributed by atoms with Crippen LogP contribution in [0.15, 0.2) is 18.2 Å². The van der Waals surface area contributed by atoms with Gasteiger partial charge in [-0.1, -0.05) is 13.0 Å². The molecule has 0 radical (unpaired) electrons. The Balaban J connectivity index is 2.61. The van der Waals surface area contributed by atoms with Gasteiger partial charge in [-0.15, -0.1) is 0 Å². The minimum Gasteiger partial charge on any atom is -0.397 e. The van der Waals surface area contributed by atoms with Crippen LogP contribution in [0.25, 0.3) is 0 Å². The highest BCUT2D eigenvalue weighted by atomic mass is 16.2. The van der Waals surface area contributed by atoms with E-state index >= 15 is 0 Å². The molecule has 0 saturated heterocycles. The lowest BCUT2D eigenvalue weighted by Crippen LogP contribution is -2.38. The van der Waals surface area contributed by atoms with Crippen molar-refractivity contribution < 1.29 is 4.79 Å². The SMILES string of the molecule is CCCNC(=O)C(C)Nc1ccc(C)cc1N. The first-order valence-corrected chi connectivity index (χ1v) is 5.95. The Hall–Kier alpha value is -1.71. The smallest absolute Gasteiger partial charge is 0.242 e. The van der Waals surface area contributed by atoms with E-state index < -0.39 is 0 Å². The van der Waals surface area contributed by atoms with Crippen LogP contribution in [0.2, 0.25) is 0 Å². The van der Waals surface area contributed by atoms with Gasteiger partial charge >= 0.3 is 0 Å².